The summed E-state index contributed by atoms with van der Waals surface area (Å²) in [6.45, 7) is 0. The molecule has 0 amide bonds. The van der Waals surface area contributed by atoms with E-state index in [0.717, 1.165) is 49.9 Å². The lowest BCUT2D eigenvalue weighted by Gasteiger charge is -2.14. The van der Waals surface area contributed by atoms with Gasteiger partial charge in [0.25, 0.3) is 0 Å². The summed E-state index contributed by atoms with van der Waals surface area (Å²) < 4.78 is 8.48. The number of furan rings is 1. The Labute approximate surface area is 332 Å². The van der Waals surface area contributed by atoms with Gasteiger partial charge in [-0.05, 0) is 81.2 Å². The SMILES string of the molecule is c1ccc(-n2c3ccccc3c3c4ccccc4ccc32)c(-c2nc(-c3ccc(-c4cccc5ccccc45)cc3)nc(-c3ccc4oc5ccccc5c4n3)n2)c1. The Balaban J connectivity index is 1.08. The van der Waals surface area contributed by atoms with Crippen LogP contribution in [0.4, 0.5) is 0 Å². The zero-order valence-corrected chi connectivity index (χ0v) is 31.0. The van der Waals surface area contributed by atoms with E-state index in [1.807, 2.05) is 42.5 Å². The number of hydrogen-bond acceptors (Lipinski definition) is 5. The summed E-state index contributed by atoms with van der Waals surface area (Å²) >= 11 is 0. The molecule has 58 heavy (non-hydrogen) atoms. The molecule has 0 aliphatic heterocycles. The molecule has 0 aliphatic carbocycles. The van der Waals surface area contributed by atoms with Crippen LogP contribution in [0.1, 0.15) is 0 Å². The lowest BCUT2D eigenvalue weighted by atomic mass is 9.97. The predicted molar refractivity (Wildman–Crippen MR) is 236 cm³/mol. The summed E-state index contributed by atoms with van der Waals surface area (Å²) in [6, 6.07) is 65.3. The number of hydrogen-bond donors (Lipinski definition) is 0. The predicted octanol–water partition coefficient (Wildman–Crippen LogP) is 13.2. The number of para-hydroxylation sites is 3. The van der Waals surface area contributed by atoms with Crippen LogP contribution in [0.25, 0.3) is 117 Å². The van der Waals surface area contributed by atoms with Gasteiger partial charge in [0.05, 0.1) is 16.7 Å². The average Bonchev–Trinajstić information content (AvgIpc) is 3.84. The molecule has 0 aliphatic rings. The van der Waals surface area contributed by atoms with Gasteiger partial charge in [-0.3, -0.25) is 0 Å². The molecule has 0 spiro atoms. The van der Waals surface area contributed by atoms with Crippen LogP contribution in [0.15, 0.2) is 192 Å². The number of rotatable bonds is 5. The minimum atomic E-state index is 0.480. The smallest absolute Gasteiger partial charge is 0.182 e. The van der Waals surface area contributed by atoms with Crippen molar-refractivity contribution in [3.63, 3.8) is 0 Å². The average molecular weight is 742 g/mol. The van der Waals surface area contributed by atoms with Gasteiger partial charge >= 0.3 is 0 Å². The van der Waals surface area contributed by atoms with Crippen molar-refractivity contribution < 1.29 is 4.42 Å². The summed E-state index contributed by atoms with van der Waals surface area (Å²) in [6.07, 6.45) is 0. The molecule has 6 heteroatoms. The van der Waals surface area contributed by atoms with Gasteiger partial charge in [-0.1, -0.05) is 140 Å². The Morgan fingerprint density at radius 2 is 1.00 bits per heavy atom. The van der Waals surface area contributed by atoms with Gasteiger partial charge in [0, 0.05) is 27.3 Å². The Kier molecular flexibility index (Phi) is 7.13. The maximum Gasteiger partial charge on any atom is 0.182 e. The highest BCUT2D eigenvalue weighted by Crippen LogP contribution is 2.40. The lowest BCUT2D eigenvalue weighted by Crippen LogP contribution is -2.04. The van der Waals surface area contributed by atoms with E-state index in [1.165, 1.54) is 37.9 Å². The second-order valence-corrected chi connectivity index (χ2v) is 14.6. The molecule has 6 nitrogen and oxygen atoms in total. The molecule has 4 heterocycles. The van der Waals surface area contributed by atoms with Crippen molar-refractivity contribution in [1.82, 2.24) is 24.5 Å². The van der Waals surface area contributed by atoms with E-state index >= 15 is 0 Å². The third-order valence-corrected chi connectivity index (χ3v) is 11.3. The topological polar surface area (TPSA) is 69.6 Å². The third-order valence-electron chi connectivity index (χ3n) is 11.3. The van der Waals surface area contributed by atoms with E-state index < -0.39 is 0 Å². The summed E-state index contributed by atoms with van der Waals surface area (Å²) in [5, 5.41) is 8.21. The fourth-order valence-electron chi connectivity index (χ4n) is 8.59. The standard InChI is InChI=1S/C52H31N5O/c1-3-15-36-32(12-1)14-11-20-37(36)34-24-26-35(27-25-34)50-54-51(56-52(55-50)42-29-31-47-49(53-42)41-19-7-10-23-46(41)58-47)40-18-6-9-22-44(40)57-43-21-8-5-17-39(43)48-38-16-4-2-13-33(38)28-30-45(48)57/h1-31H. The van der Waals surface area contributed by atoms with Crippen LogP contribution in [-0.2, 0) is 0 Å². The Hall–Kier alpha value is -7.96. The van der Waals surface area contributed by atoms with Crippen molar-refractivity contribution in [3.8, 4) is 51.1 Å². The Morgan fingerprint density at radius 1 is 0.362 bits per heavy atom. The van der Waals surface area contributed by atoms with E-state index in [9.17, 15) is 0 Å². The molecule has 12 rings (SSSR count). The largest absolute Gasteiger partial charge is 0.454 e. The van der Waals surface area contributed by atoms with Gasteiger partial charge in [-0.15, -0.1) is 0 Å². The first-order chi connectivity index (χ1) is 28.7. The zero-order valence-electron chi connectivity index (χ0n) is 31.0. The molecule has 0 atom stereocenters. The van der Waals surface area contributed by atoms with E-state index in [4.69, 9.17) is 24.4 Å². The fraction of sp³-hybridized carbons (Fsp3) is 0. The molecule has 8 aromatic carbocycles. The van der Waals surface area contributed by atoms with Gasteiger partial charge in [0.1, 0.15) is 16.8 Å². The first kappa shape index (κ1) is 32.3. The molecule has 12 aromatic rings. The number of pyridine rings is 1. The maximum atomic E-state index is 6.14. The van der Waals surface area contributed by atoms with Crippen molar-refractivity contribution >= 4 is 65.4 Å². The van der Waals surface area contributed by atoms with Crippen LogP contribution in [-0.4, -0.2) is 24.5 Å². The minimum absolute atomic E-state index is 0.480. The van der Waals surface area contributed by atoms with Crippen LogP contribution in [0.5, 0.6) is 0 Å². The number of aromatic nitrogens is 5. The van der Waals surface area contributed by atoms with Crippen LogP contribution in [0, 0.1) is 0 Å². The highest BCUT2D eigenvalue weighted by molar-refractivity contribution is 6.21. The molecule has 0 unspecified atom stereocenters. The van der Waals surface area contributed by atoms with Crippen molar-refractivity contribution in [2.45, 2.75) is 0 Å². The fourth-order valence-corrected chi connectivity index (χ4v) is 8.59. The van der Waals surface area contributed by atoms with Crippen molar-refractivity contribution in [1.29, 1.82) is 0 Å². The summed E-state index contributed by atoms with van der Waals surface area (Å²) in [5.74, 6) is 1.60. The van der Waals surface area contributed by atoms with Gasteiger partial charge in [0.15, 0.2) is 23.1 Å². The van der Waals surface area contributed by atoms with Crippen molar-refractivity contribution in [3.05, 3.63) is 188 Å². The summed E-state index contributed by atoms with van der Waals surface area (Å²) in [5.41, 5.74) is 10.2. The van der Waals surface area contributed by atoms with E-state index in [0.29, 0.717) is 28.8 Å². The minimum Gasteiger partial charge on any atom is -0.454 e. The zero-order chi connectivity index (χ0) is 38.2. The van der Waals surface area contributed by atoms with Crippen LogP contribution in [0.2, 0.25) is 0 Å². The number of fused-ring (bicyclic) bond motifs is 9. The maximum absolute atomic E-state index is 6.14. The quantitative estimate of drug-likeness (QED) is 0.176. The van der Waals surface area contributed by atoms with Crippen LogP contribution in [0.3, 0.4) is 0 Å². The van der Waals surface area contributed by atoms with E-state index in [2.05, 4.69) is 150 Å². The molecule has 0 saturated heterocycles. The highest BCUT2D eigenvalue weighted by atomic mass is 16.3. The molecule has 0 bridgehead atoms. The van der Waals surface area contributed by atoms with Gasteiger partial charge in [0.2, 0.25) is 0 Å². The van der Waals surface area contributed by atoms with Crippen molar-refractivity contribution in [2.24, 2.45) is 0 Å². The molecule has 0 radical (unpaired) electrons. The van der Waals surface area contributed by atoms with Crippen LogP contribution < -0.4 is 0 Å². The molecule has 270 valence electrons. The van der Waals surface area contributed by atoms with Crippen LogP contribution >= 0.6 is 0 Å². The van der Waals surface area contributed by atoms with Gasteiger partial charge < -0.3 is 8.98 Å². The summed E-state index contributed by atoms with van der Waals surface area (Å²) in [4.78, 5) is 20.7. The second-order valence-electron chi connectivity index (χ2n) is 14.6. The first-order valence-electron chi connectivity index (χ1n) is 19.4. The third kappa shape index (κ3) is 5.05. The van der Waals surface area contributed by atoms with E-state index in [1.54, 1.807) is 0 Å². The van der Waals surface area contributed by atoms with Crippen molar-refractivity contribution in [2.75, 3.05) is 0 Å². The molecular weight excluding hydrogens is 711 g/mol. The van der Waals surface area contributed by atoms with E-state index in [-0.39, 0.29) is 0 Å². The number of nitrogens with zero attached hydrogens (tertiary/aromatic N) is 5. The molecule has 0 fully saturated rings. The number of benzene rings is 8. The summed E-state index contributed by atoms with van der Waals surface area (Å²) in [7, 11) is 0. The molecule has 0 saturated carbocycles. The normalized spacial score (nSPS) is 11.8. The molecule has 4 aromatic heterocycles. The molecular formula is C52H31N5O. The van der Waals surface area contributed by atoms with Gasteiger partial charge in [-0.2, -0.15) is 0 Å². The monoisotopic (exact) mass is 741 g/mol. The first-order valence-corrected chi connectivity index (χ1v) is 19.4. The Morgan fingerprint density at radius 3 is 1.88 bits per heavy atom. The van der Waals surface area contributed by atoms with Gasteiger partial charge in [-0.25, -0.2) is 19.9 Å². The molecule has 0 N–H and O–H groups in total. The second kappa shape index (κ2) is 12.8. The highest BCUT2D eigenvalue weighted by Gasteiger charge is 2.21. The Bertz CT molecular complexity index is 3580. The lowest BCUT2D eigenvalue weighted by molar-refractivity contribution is 0.668.